The highest BCUT2D eigenvalue weighted by atomic mass is 19.4. The van der Waals surface area contributed by atoms with Gasteiger partial charge in [0.1, 0.15) is 5.82 Å². The molecule has 14 heteroatoms. The van der Waals surface area contributed by atoms with Crippen LogP contribution in [0.25, 0.3) is 5.57 Å². The normalized spacial score (nSPS) is 19.4. The maximum Gasteiger partial charge on any atom is 0.420 e. The van der Waals surface area contributed by atoms with Gasteiger partial charge >= 0.3 is 18.4 Å². The zero-order chi connectivity index (χ0) is 30.1. The second-order valence-electron chi connectivity index (χ2n) is 9.78. The third kappa shape index (κ3) is 6.63. The van der Waals surface area contributed by atoms with E-state index in [-0.39, 0.29) is 42.2 Å². The molecule has 2 amide bonds. The van der Waals surface area contributed by atoms with Gasteiger partial charge in [-0.3, -0.25) is 14.7 Å². The lowest BCUT2D eigenvalue weighted by atomic mass is 9.70. The highest BCUT2D eigenvalue weighted by Gasteiger charge is 2.43. The van der Waals surface area contributed by atoms with Crippen molar-refractivity contribution >= 4 is 29.5 Å². The van der Waals surface area contributed by atoms with Crippen LogP contribution >= 0.6 is 0 Å². The van der Waals surface area contributed by atoms with E-state index in [2.05, 4.69) is 4.99 Å². The lowest BCUT2D eigenvalue weighted by molar-refractivity contribution is -0.149. The van der Waals surface area contributed by atoms with E-state index in [4.69, 9.17) is 10.5 Å². The molecule has 3 aliphatic rings. The number of carbonyl (C=O) groups excluding carboxylic acids is 2. The van der Waals surface area contributed by atoms with Crippen molar-refractivity contribution in [3.8, 4) is 5.75 Å². The summed E-state index contributed by atoms with van der Waals surface area (Å²) in [4.78, 5) is 31.6. The molecule has 5 rings (SSSR count). The van der Waals surface area contributed by atoms with Gasteiger partial charge in [0.05, 0.1) is 17.7 Å². The molecule has 1 saturated carbocycles. The van der Waals surface area contributed by atoms with Crippen LogP contribution in [-0.2, 0) is 17.1 Å². The summed E-state index contributed by atoms with van der Waals surface area (Å²) in [5.74, 6) is -1.48. The van der Waals surface area contributed by atoms with E-state index in [1.807, 2.05) is 0 Å². The van der Waals surface area contributed by atoms with Crippen LogP contribution in [0.3, 0.4) is 0 Å². The summed E-state index contributed by atoms with van der Waals surface area (Å²) >= 11 is 0. The molecule has 2 aromatic carbocycles. The van der Waals surface area contributed by atoms with E-state index in [0.717, 1.165) is 61.5 Å². The Morgan fingerprint density at radius 2 is 1.78 bits per heavy atom. The molecule has 2 heterocycles. The Hall–Kier alpha value is -4.10. The summed E-state index contributed by atoms with van der Waals surface area (Å²) < 4.78 is 101. The molecule has 2 bridgehead atoms. The summed E-state index contributed by atoms with van der Waals surface area (Å²) in [6, 6.07) is 4.52. The van der Waals surface area contributed by atoms with Gasteiger partial charge in [-0.05, 0) is 55.2 Å². The van der Waals surface area contributed by atoms with Crippen molar-refractivity contribution in [1.82, 2.24) is 4.90 Å². The van der Waals surface area contributed by atoms with Gasteiger partial charge in [0, 0.05) is 55.3 Å². The Morgan fingerprint density at radius 3 is 2.34 bits per heavy atom. The molecule has 41 heavy (non-hydrogen) atoms. The van der Waals surface area contributed by atoms with Gasteiger partial charge in [-0.25, -0.2) is 9.18 Å². The molecular weight excluding hydrogens is 561 g/mol. The van der Waals surface area contributed by atoms with Gasteiger partial charge in [-0.15, -0.1) is 0 Å². The van der Waals surface area contributed by atoms with Crippen molar-refractivity contribution < 1.29 is 45.1 Å². The van der Waals surface area contributed by atoms with E-state index in [9.17, 15) is 40.3 Å². The van der Waals surface area contributed by atoms with Crippen LogP contribution in [0.1, 0.15) is 29.5 Å². The predicted molar refractivity (Wildman–Crippen MR) is 136 cm³/mol. The number of alkyl halides is 6. The average molecular weight is 587 g/mol. The molecule has 1 aliphatic carbocycles. The van der Waals surface area contributed by atoms with Gasteiger partial charge in [0.2, 0.25) is 5.91 Å². The van der Waals surface area contributed by atoms with E-state index in [1.165, 1.54) is 0 Å². The lowest BCUT2D eigenvalue weighted by Crippen LogP contribution is -2.53. The standard InChI is InChI=1S/C27H25F7N4O3/c1-37(20-4-2-19(28)3-5-20)25(40)41-23-21(10-18(26(29,30)31)11-22(23)27(32,33)34)17(12-35)13-36-6-7-38-14-15-8-16(9-15)24(38)39/h2-5,10-13,15-16H,6-9,14,35H2,1H3/b17-12+,36-13?. The number of rotatable bonds is 7. The van der Waals surface area contributed by atoms with Crippen molar-refractivity contribution in [1.29, 1.82) is 0 Å². The predicted octanol–water partition coefficient (Wildman–Crippen LogP) is 5.74. The number of ether oxygens (including phenoxy) is 1. The second-order valence-corrected chi connectivity index (χ2v) is 9.78. The minimum Gasteiger partial charge on any atom is -0.409 e. The molecule has 0 spiro atoms. The van der Waals surface area contributed by atoms with Crippen molar-refractivity contribution in [2.75, 3.05) is 31.6 Å². The highest BCUT2D eigenvalue weighted by molar-refractivity contribution is 6.11. The monoisotopic (exact) mass is 586 g/mol. The minimum atomic E-state index is -5.37. The topological polar surface area (TPSA) is 88.2 Å². The molecule has 220 valence electrons. The number of allylic oxidation sites excluding steroid dienone is 1. The zero-order valence-corrected chi connectivity index (χ0v) is 21.6. The summed E-state index contributed by atoms with van der Waals surface area (Å²) in [6.45, 7) is 0.783. The van der Waals surface area contributed by atoms with Crippen LogP contribution in [0.15, 0.2) is 47.6 Å². The van der Waals surface area contributed by atoms with Crippen LogP contribution in [0, 0.1) is 17.7 Å². The van der Waals surface area contributed by atoms with Crippen molar-refractivity contribution in [2.45, 2.75) is 25.2 Å². The number of hydrogen-bond acceptors (Lipinski definition) is 5. The summed E-state index contributed by atoms with van der Waals surface area (Å²) in [7, 11) is 1.12. The molecule has 2 saturated heterocycles. The van der Waals surface area contributed by atoms with Crippen LogP contribution in [-0.4, -0.2) is 49.8 Å². The SMILES string of the molecule is CN(C(=O)Oc1c(/C(C=NCCN2CC3CC(C3)C2=O)=C/N)cc(C(F)(F)F)cc1C(F)(F)F)c1ccc(F)cc1. The number of nitrogens with two attached hydrogens (primary N) is 1. The second kappa shape index (κ2) is 11.4. The number of hydrogen-bond donors (Lipinski definition) is 1. The van der Waals surface area contributed by atoms with Gasteiger partial charge in [0.15, 0.2) is 5.75 Å². The van der Waals surface area contributed by atoms with Crippen molar-refractivity contribution in [3.63, 3.8) is 0 Å². The Morgan fingerprint density at radius 1 is 1.12 bits per heavy atom. The summed E-state index contributed by atoms with van der Waals surface area (Å²) in [6.07, 6.45) is -8.56. The van der Waals surface area contributed by atoms with Crippen LogP contribution in [0.5, 0.6) is 5.75 Å². The van der Waals surface area contributed by atoms with Crippen LogP contribution in [0.4, 0.5) is 41.2 Å². The van der Waals surface area contributed by atoms with Gasteiger partial charge in [-0.1, -0.05) is 0 Å². The largest absolute Gasteiger partial charge is 0.420 e. The number of amides is 2. The fraction of sp³-hybridized carbons (Fsp3) is 0.370. The zero-order valence-electron chi connectivity index (χ0n) is 21.6. The van der Waals surface area contributed by atoms with E-state index in [1.54, 1.807) is 4.90 Å². The first-order valence-electron chi connectivity index (χ1n) is 12.4. The average Bonchev–Trinajstić information content (AvgIpc) is 2.87. The highest BCUT2D eigenvalue weighted by Crippen LogP contribution is 2.45. The molecule has 2 aliphatic heterocycles. The Kier molecular flexibility index (Phi) is 8.31. The van der Waals surface area contributed by atoms with Crippen LogP contribution in [0.2, 0.25) is 0 Å². The number of carbonyl (C=O) groups is 2. The number of anilines is 1. The number of benzene rings is 2. The molecule has 0 atom stereocenters. The molecule has 2 N–H and O–H groups in total. The maximum absolute atomic E-state index is 14.0. The fourth-order valence-corrected chi connectivity index (χ4v) is 4.74. The first kappa shape index (κ1) is 29.9. The molecule has 3 fully saturated rings. The maximum atomic E-state index is 14.0. The number of halogens is 7. The molecule has 2 aromatic rings. The van der Waals surface area contributed by atoms with Gasteiger partial charge in [0.25, 0.3) is 0 Å². The van der Waals surface area contributed by atoms with Crippen molar-refractivity contribution in [2.24, 2.45) is 22.6 Å². The lowest BCUT2D eigenvalue weighted by Gasteiger charge is -2.46. The van der Waals surface area contributed by atoms with Crippen molar-refractivity contribution in [3.05, 3.63) is 65.1 Å². The summed E-state index contributed by atoms with van der Waals surface area (Å²) in [5.41, 5.74) is 0.941. The van der Waals surface area contributed by atoms with E-state index < -0.39 is 46.7 Å². The Bertz CT molecular complexity index is 1360. The number of fused-ring (bicyclic) bond motifs is 2. The van der Waals surface area contributed by atoms with E-state index in [0.29, 0.717) is 18.5 Å². The Labute approximate surface area is 230 Å². The summed E-state index contributed by atoms with van der Waals surface area (Å²) in [5, 5.41) is 0. The first-order valence-corrected chi connectivity index (χ1v) is 12.4. The van der Waals surface area contributed by atoms with Gasteiger partial charge < -0.3 is 15.4 Å². The molecular formula is C27H25F7N4O3. The third-order valence-electron chi connectivity index (χ3n) is 6.99. The number of aliphatic imine (C=N–C) groups is 1. The molecule has 0 unspecified atom stereocenters. The quantitative estimate of drug-likeness (QED) is 0.331. The van der Waals surface area contributed by atoms with E-state index >= 15 is 0 Å². The minimum absolute atomic E-state index is 0.00976. The Balaban J connectivity index is 1.67. The number of nitrogens with zero attached hydrogens (tertiary/aromatic N) is 3. The molecule has 0 aromatic heterocycles. The third-order valence-corrected chi connectivity index (χ3v) is 6.99. The molecule has 0 radical (unpaired) electrons. The number of piperidine rings is 2. The smallest absolute Gasteiger partial charge is 0.409 e. The first-order chi connectivity index (χ1) is 19.2. The van der Waals surface area contributed by atoms with Gasteiger partial charge in [-0.2, -0.15) is 26.3 Å². The fourth-order valence-electron chi connectivity index (χ4n) is 4.74. The van der Waals surface area contributed by atoms with Crippen LogP contribution < -0.4 is 15.4 Å². The molecule has 7 nitrogen and oxygen atoms in total.